The second kappa shape index (κ2) is 4.95. The first-order valence-electron chi connectivity index (χ1n) is 3.78. The highest BCUT2D eigenvalue weighted by atomic mass is 16.6. The summed E-state index contributed by atoms with van der Waals surface area (Å²) in [7, 11) is 0. The van der Waals surface area contributed by atoms with Crippen LogP contribution >= 0.6 is 0 Å². The molecule has 0 radical (unpaired) electrons. The third-order valence-corrected chi connectivity index (χ3v) is 1.27. The number of ether oxygens (including phenoxy) is 1. The highest BCUT2D eigenvalue weighted by Gasteiger charge is 2.27. The number of rotatable bonds is 4. The third-order valence-electron chi connectivity index (χ3n) is 1.27. The number of hydrogen-bond donors (Lipinski definition) is 2. The molecule has 0 aromatic carbocycles. The number of esters is 1. The summed E-state index contributed by atoms with van der Waals surface area (Å²) in [5.41, 5.74) is 3.41. The number of carbonyl (C=O) groups excluding carboxylic acids is 1. The molecule has 0 aliphatic rings. The Labute approximate surface area is 80.2 Å². The van der Waals surface area contributed by atoms with E-state index in [9.17, 15) is 14.9 Å². The van der Waals surface area contributed by atoms with Crippen molar-refractivity contribution in [3.05, 3.63) is 21.5 Å². The number of nitrogens with zero attached hydrogens (tertiary/aromatic N) is 1. The van der Waals surface area contributed by atoms with Crippen molar-refractivity contribution in [1.82, 2.24) is 0 Å². The van der Waals surface area contributed by atoms with Crippen molar-refractivity contribution < 1.29 is 14.5 Å². The van der Waals surface area contributed by atoms with Crippen molar-refractivity contribution in [3.63, 3.8) is 0 Å². The lowest BCUT2D eigenvalue weighted by atomic mass is 10.2. The van der Waals surface area contributed by atoms with E-state index in [1.165, 1.54) is 13.8 Å². The molecule has 0 fully saturated rings. The minimum Gasteiger partial charge on any atom is -0.461 e. The second-order valence-corrected chi connectivity index (χ2v) is 2.38. The molecule has 3 N–H and O–H groups in total. The molecule has 0 aliphatic carbocycles. The van der Waals surface area contributed by atoms with E-state index in [0.29, 0.717) is 0 Å². The third kappa shape index (κ3) is 2.85. The molecule has 0 heterocycles. The van der Waals surface area contributed by atoms with Crippen LogP contribution in [0, 0.1) is 15.5 Å². The molecule has 78 valence electrons. The number of carbonyl (C=O) groups is 1. The minimum atomic E-state index is -1.05. The van der Waals surface area contributed by atoms with Gasteiger partial charge in [-0.3, -0.25) is 15.5 Å². The monoisotopic (exact) mass is 201 g/mol. The van der Waals surface area contributed by atoms with Crippen LogP contribution in [-0.2, 0) is 9.53 Å². The normalized spacial score (nSPS) is 11.6. The first-order valence-corrected chi connectivity index (χ1v) is 3.78. The lowest BCUT2D eigenvalue weighted by molar-refractivity contribution is -0.416. The Balaban J connectivity index is 4.91. The van der Waals surface area contributed by atoms with E-state index in [1.807, 2.05) is 0 Å². The predicted molar refractivity (Wildman–Crippen MR) is 48.2 cm³/mol. The molecular formula is C7H11N3O4. The van der Waals surface area contributed by atoms with Gasteiger partial charge in [0.1, 0.15) is 0 Å². The SMILES string of the molecule is CCOC(=O)C(=N)C(=C(C)N)[N+](=O)[O-]. The van der Waals surface area contributed by atoms with Gasteiger partial charge in [-0.1, -0.05) is 0 Å². The number of nitro groups is 1. The second-order valence-electron chi connectivity index (χ2n) is 2.38. The molecular weight excluding hydrogens is 190 g/mol. The van der Waals surface area contributed by atoms with Gasteiger partial charge < -0.3 is 10.5 Å². The van der Waals surface area contributed by atoms with Crippen LogP contribution in [0.4, 0.5) is 0 Å². The van der Waals surface area contributed by atoms with E-state index < -0.39 is 22.3 Å². The topological polar surface area (TPSA) is 119 Å². The fourth-order valence-corrected chi connectivity index (χ4v) is 0.732. The fraction of sp³-hybridized carbons (Fsp3) is 0.429. The van der Waals surface area contributed by atoms with Crippen molar-refractivity contribution >= 4 is 11.7 Å². The first-order chi connectivity index (χ1) is 6.41. The summed E-state index contributed by atoms with van der Waals surface area (Å²) >= 11 is 0. The van der Waals surface area contributed by atoms with E-state index in [1.54, 1.807) is 0 Å². The highest BCUT2D eigenvalue weighted by Crippen LogP contribution is 2.03. The maximum absolute atomic E-state index is 11.0. The van der Waals surface area contributed by atoms with Gasteiger partial charge in [-0.05, 0) is 13.8 Å². The van der Waals surface area contributed by atoms with Crippen LogP contribution in [0.2, 0.25) is 0 Å². The zero-order chi connectivity index (χ0) is 11.3. The summed E-state index contributed by atoms with van der Waals surface area (Å²) in [4.78, 5) is 20.5. The molecule has 7 heteroatoms. The number of hydrogen-bond acceptors (Lipinski definition) is 6. The molecule has 0 amide bonds. The molecule has 0 saturated carbocycles. The Morgan fingerprint density at radius 3 is 2.43 bits per heavy atom. The van der Waals surface area contributed by atoms with Crippen LogP contribution in [0.25, 0.3) is 0 Å². The molecule has 7 nitrogen and oxygen atoms in total. The molecule has 0 spiro atoms. The van der Waals surface area contributed by atoms with Crippen LogP contribution in [0.1, 0.15) is 13.8 Å². The predicted octanol–water partition coefficient (Wildman–Crippen LogP) is 0.0362. The van der Waals surface area contributed by atoms with Gasteiger partial charge in [0.2, 0.25) is 5.71 Å². The molecule has 0 aromatic heterocycles. The van der Waals surface area contributed by atoms with E-state index in [-0.39, 0.29) is 12.3 Å². The Morgan fingerprint density at radius 2 is 2.14 bits per heavy atom. The zero-order valence-corrected chi connectivity index (χ0v) is 7.86. The molecule has 0 rings (SSSR count). The molecule has 14 heavy (non-hydrogen) atoms. The van der Waals surface area contributed by atoms with Gasteiger partial charge in [0, 0.05) is 0 Å². The average molecular weight is 201 g/mol. The van der Waals surface area contributed by atoms with Crippen LogP contribution < -0.4 is 5.73 Å². The van der Waals surface area contributed by atoms with Gasteiger partial charge in [-0.25, -0.2) is 4.79 Å². The number of nitrogens with two attached hydrogens (primary N) is 1. The lowest BCUT2D eigenvalue weighted by Gasteiger charge is -2.02. The molecule has 0 saturated heterocycles. The summed E-state index contributed by atoms with van der Waals surface area (Å²) in [6.07, 6.45) is 0. The van der Waals surface area contributed by atoms with E-state index in [0.717, 1.165) is 0 Å². The largest absolute Gasteiger partial charge is 0.461 e. The van der Waals surface area contributed by atoms with E-state index in [2.05, 4.69) is 4.74 Å². The van der Waals surface area contributed by atoms with Crippen molar-refractivity contribution in [2.75, 3.05) is 6.61 Å². The maximum Gasteiger partial charge on any atom is 0.363 e. The number of allylic oxidation sites excluding steroid dienone is 1. The zero-order valence-electron chi connectivity index (χ0n) is 7.86. The van der Waals surface area contributed by atoms with Gasteiger partial charge in [0.15, 0.2) is 0 Å². The van der Waals surface area contributed by atoms with Crippen molar-refractivity contribution in [2.24, 2.45) is 5.73 Å². The summed E-state index contributed by atoms with van der Waals surface area (Å²) < 4.78 is 4.43. The van der Waals surface area contributed by atoms with Crippen molar-refractivity contribution in [3.8, 4) is 0 Å². The average Bonchev–Trinajstić information content (AvgIpc) is 2.03. The summed E-state index contributed by atoms with van der Waals surface area (Å²) in [5.74, 6) is -1.05. The van der Waals surface area contributed by atoms with Crippen LogP contribution in [-0.4, -0.2) is 23.2 Å². The van der Waals surface area contributed by atoms with E-state index >= 15 is 0 Å². The summed E-state index contributed by atoms with van der Waals surface area (Å²) in [6, 6.07) is 0. The van der Waals surface area contributed by atoms with Crippen molar-refractivity contribution in [1.29, 1.82) is 5.41 Å². The Hall–Kier alpha value is -1.92. The molecule has 0 aromatic rings. The molecule has 0 aliphatic heterocycles. The van der Waals surface area contributed by atoms with Gasteiger partial charge >= 0.3 is 11.7 Å². The maximum atomic E-state index is 11.0. The van der Waals surface area contributed by atoms with Crippen molar-refractivity contribution in [2.45, 2.75) is 13.8 Å². The lowest BCUT2D eigenvalue weighted by Crippen LogP contribution is -2.25. The highest BCUT2D eigenvalue weighted by molar-refractivity contribution is 6.41. The Morgan fingerprint density at radius 1 is 1.64 bits per heavy atom. The standard InChI is InChI=1S/C7H11N3O4/c1-3-14-7(11)5(9)6(4(2)8)10(12)13/h9H,3,8H2,1-2H3. The molecule has 0 bridgehead atoms. The smallest absolute Gasteiger partial charge is 0.363 e. The molecule has 0 atom stereocenters. The Bertz CT molecular complexity index is 304. The quantitative estimate of drug-likeness (QED) is 0.288. The number of nitrogens with one attached hydrogen (secondary N) is 1. The first kappa shape index (κ1) is 12.1. The van der Waals surface area contributed by atoms with Gasteiger partial charge in [0.25, 0.3) is 0 Å². The van der Waals surface area contributed by atoms with Crippen LogP contribution in [0.5, 0.6) is 0 Å². The van der Waals surface area contributed by atoms with Crippen LogP contribution in [0.15, 0.2) is 11.4 Å². The van der Waals surface area contributed by atoms with Gasteiger partial charge in [0.05, 0.1) is 17.2 Å². The molecule has 0 unspecified atom stereocenters. The summed E-state index contributed by atoms with van der Waals surface area (Å²) in [5, 5.41) is 17.6. The van der Waals surface area contributed by atoms with Gasteiger partial charge in [-0.2, -0.15) is 0 Å². The summed E-state index contributed by atoms with van der Waals surface area (Å²) in [6.45, 7) is 2.83. The Kier molecular flexibility index (Phi) is 4.27. The fourth-order valence-electron chi connectivity index (χ4n) is 0.732. The minimum absolute atomic E-state index is 0.0514. The van der Waals surface area contributed by atoms with Gasteiger partial charge in [-0.15, -0.1) is 0 Å². The van der Waals surface area contributed by atoms with Crippen LogP contribution in [0.3, 0.4) is 0 Å². The van der Waals surface area contributed by atoms with E-state index in [4.69, 9.17) is 11.1 Å².